The molecule has 0 radical (unpaired) electrons. The van der Waals surface area contributed by atoms with Gasteiger partial charge in [-0.05, 0) is 44.8 Å². The maximum atomic E-state index is 15.2. The summed E-state index contributed by atoms with van der Waals surface area (Å²) >= 11 is 1.85. The number of rotatable bonds is 5. The van der Waals surface area contributed by atoms with Crippen molar-refractivity contribution < 1.29 is 4.57 Å². The lowest BCUT2D eigenvalue weighted by atomic mass is 9.86. The molecule has 0 amide bonds. The van der Waals surface area contributed by atoms with E-state index in [1.807, 2.05) is 72.0 Å². The van der Waals surface area contributed by atoms with Crippen LogP contribution in [-0.2, 0) is 4.57 Å². The molecule has 0 bridgehead atoms. The maximum absolute atomic E-state index is 15.2. The standard InChI is InChI=1S/C47H30NOPS/c49-50(32-15-3-1-4-16-32,33-17-5-2-6-18-33)34-29-27-31(28-30-34)43-35-19-7-9-21-37(35)44(38-22-10-8-20-36(38)43)47-45-39-23-11-13-25-41(39)48-46(45)40-24-12-14-26-42(40)51-47/h1-30H. The van der Waals surface area contributed by atoms with E-state index >= 15 is 4.57 Å². The molecule has 2 aliphatic rings. The van der Waals surface area contributed by atoms with Crippen molar-refractivity contribution in [2.45, 2.75) is 0 Å². The van der Waals surface area contributed by atoms with Gasteiger partial charge < -0.3 is 4.57 Å². The van der Waals surface area contributed by atoms with E-state index in [4.69, 9.17) is 4.98 Å². The molecule has 4 heteroatoms. The molecular formula is C47H30NOPS. The van der Waals surface area contributed by atoms with Crippen LogP contribution in [0.5, 0.6) is 0 Å². The van der Waals surface area contributed by atoms with E-state index < -0.39 is 7.14 Å². The fourth-order valence-electron chi connectivity index (χ4n) is 7.84. The summed E-state index contributed by atoms with van der Waals surface area (Å²) in [7, 11) is -3.09. The molecule has 10 rings (SSSR count). The lowest BCUT2D eigenvalue weighted by Gasteiger charge is -2.21. The van der Waals surface area contributed by atoms with Gasteiger partial charge in [0.25, 0.3) is 0 Å². The summed E-state index contributed by atoms with van der Waals surface area (Å²) in [5.41, 5.74) is 6.79. The van der Waals surface area contributed by atoms with Gasteiger partial charge in [0.1, 0.15) is 0 Å². The second-order valence-electron chi connectivity index (χ2n) is 12.9. The highest BCUT2D eigenvalue weighted by Crippen LogP contribution is 2.52. The maximum Gasteiger partial charge on any atom is 0.171 e. The predicted octanol–water partition coefficient (Wildman–Crippen LogP) is 11.8. The Morgan fingerprint density at radius 1 is 0.392 bits per heavy atom. The molecule has 2 nitrogen and oxygen atoms in total. The fraction of sp³-hybridized carbons (Fsp3) is 0. The molecule has 0 aromatic heterocycles. The quantitative estimate of drug-likeness (QED) is 0.133. The first kappa shape index (κ1) is 30.0. The lowest BCUT2D eigenvalue weighted by molar-refractivity contribution is 0.592. The second kappa shape index (κ2) is 11.9. The van der Waals surface area contributed by atoms with Crippen LogP contribution in [0.2, 0.25) is 0 Å². The van der Waals surface area contributed by atoms with Crippen molar-refractivity contribution in [2.75, 3.05) is 0 Å². The normalized spacial score (nSPS) is 12.0. The fourth-order valence-corrected chi connectivity index (χ4v) is 11.8. The molecule has 0 fully saturated rings. The Hall–Kier alpha value is -5.86. The van der Waals surface area contributed by atoms with Gasteiger partial charge in [-0.2, -0.15) is 0 Å². The van der Waals surface area contributed by atoms with Crippen LogP contribution in [0.1, 0.15) is 0 Å². The summed E-state index contributed by atoms with van der Waals surface area (Å²) in [4.78, 5) is 6.44. The van der Waals surface area contributed by atoms with Gasteiger partial charge in [-0.3, -0.25) is 0 Å². The van der Waals surface area contributed by atoms with Crippen LogP contribution >= 0.6 is 18.5 Å². The van der Waals surface area contributed by atoms with Crippen LogP contribution in [-0.4, -0.2) is 4.98 Å². The molecule has 8 aromatic rings. The molecule has 51 heavy (non-hydrogen) atoms. The molecule has 2 heterocycles. The Balaban J connectivity index is 1.24. The van der Waals surface area contributed by atoms with Crippen LogP contribution in [0, 0.1) is 0 Å². The van der Waals surface area contributed by atoms with Gasteiger partial charge in [-0.15, -0.1) is 11.3 Å². The molecule has 0 atom stereocenters. The summed E-state index contributed by atoms with van der Waals surface area (Å²) in [6, 6.07) is 63.0. The highest BCUT2D eigenvalue weighted by molar-refractivity contribution is 7.85. The molecule has 2 aliphatic heterocycles. The highest BCUT2D eigenvalue weighted by atomic mass is 32.1. The Kier molecular flexibility index (Phi) is 6.99. The van der Waals surface area contributed by atoms with Crippen molar-refractivity contribution in [3.8, 4) is 32.8 Å². The Morgan fingerprint density at radius 3 is 1.43 bits per heavy atom. The number of fused-ring (bicyclic) bond motifs is 7. The van der Waals surface area contributed by atoms with E-state index in [0.29, 0.717) is 0 Å². The molecule has 0 spiro atoms. The average molecular weight is 688 g/mol. The van der Waals surface area contributed by atoms with E-state index in [1.54, 1.807) is 0 Å². The number of aromatic nitrogens is 1. The van der Waals surface area contributed by atoms with Crippen LogP contribution in [0.15, 0.2) is 182 Å². The lowest BCUT2D eigenvalue weighted by Crippen LogP contribution is -2.24. The van der Waals surface area contributed by atoms with E-state index in [0.717, 1.165) is 32.7 Å². The van der Waals surface area contributed by atoms with Crippen LogP contribution in [0.4, 0.5) is 0 Å². The summed E-state index contributed by atoms with van der Waals surface area (Å²) < 4.78 is 16.4. The van der Waals surface area contributed by atoms with Crippen molar-refractivity contribution in [2.24, 2.45) is 0 Å². The van der Waals surface area contributed by atoms with Gasteiger partial charge >= 0.3 is 0 Å². The zero-order valence-electron chi connectivity index (χ0n) is 27.5. The SMILES string of the molecule is O=P(c1ccccc1)(c1ccccc1)c1ccc(-c2c3ccccc3c(-c3sc4ccccc4c4nc5ccccc5c3-4)c3ccccc23)cc1. The molecule has 0 aliphatic carbocycles. The largest absolute Gasteiger partial charge is 0.309 e. The summed E-state index contributed by atoms with van der Waals surface area (Å²) in [5, 5.41) is 9.63. The van der Waals surface area contributed by atoms with Crippen LogP contribution < -0.4 is 15.9 Å². The van der Waals surface area contributed by atoms with Crippen molar-refractivity contribution in [3.63, 3.8) is 0 Å². The monoisotopic (exact) mass is 687 g/mol. The molecule has 0 saturated carbocycles. The molecule has 240 valence electrons. The van der Waals surface area contributed by atoms with Gasteiger partial charge in [-0.25, -0.2) is 4.98 Å². The van der Waals surface area contributed by atoms with Gasteiger partial charge in [-0.1, -0.05) is 170 Å². The minimum atomic E-state index is -3.09. The van der Waals surface area contributed by atoms with Crippen LogP contribution in [0.3, 0.4) is 0 Å². The zero-order valence-corrected chi connectivity index (χ0v) is 29.2. The number of para-hydroxylation sites is 1. The van der Waals surface area contributed by atoms with Crippen molar-refractivity contribution >= 4 is 76.9 Å². The first-order valence-electron chi connectivity index (χ1n) is 17.2. The number of hydrogen-bond donors (Lipinski definition) is 0. The van der Waals surface area contributed by atoms with Crippen molar-refractivity contribution in [1.82, 2.24) is 4.98 Å². The summed E-state index contributed by atoms with van der Waals surface area (Å²) in [6.45, 7) is 0. The number of benzene rings is 8. The minimum absolute atomic E-state index is 0.824. The van der Waals surface area contributed by atoms with E-state index in [-0.39, 0.29) is 0 Å². The van der Waals surface area contributed by atoms with E-state index in [2.05, 4.69) is 121 Å². The average Bonchev–Trinajstić information content (AvgIpc) is 3.60. The Bertz CT molecular complexity index is 2830. The minimum Gasteiger partial charge on any atom is -0.309 e. The third-order valence-corrected chi connectivity index (χ3v) is 14.4. The molecule has 0 unspecified atom stereocenters. The van der Waals surface area contributed by atoms with Gasteiger partial charge in [0.2, 0.25) is 0 Å². The summed E-state index contributed by atoms with van der Waals surface area (Å²) in [5.74, 6) is 0. The third-order valence-electron chi connectivity index (χ3n) is 10.1. The Morgan fingerprint density at radius 2 is 0.843 bits per heavy atom. The molecule has 8 aromatic carbocycles. The predicted molar refractivity (Wildman–Crippen MR) is 219 cm³/mol. The first-order chi connectivity index (χ1) is 25.2. The van der Waals surface area contributed by atoms with Crippen molar-refractivity contribution in [3.05, 3.63) is 182 Å². The van der Waals surface area contributed by atoms with E-state index in [9.17, 15) is 0 Å². The highest BCUT2D eigenvalue weighted by Gasteiger charge is 2.30. The van der Waals surface area contributed by atoms with Gasteiger partial charge in [0, 0.05) is 47.4 Å². The van der Waals surface area contributed by atoms with Gasteiger partial charge in [0.05, 0.1) is 11.2 Å². The van der Waals surface area contributed by atoms with E-state index in [1.165, 1.54) is 58.6 Å². The molecular weight excluding hydrogens is 658 g/mol. The Labute approximate surface area is 300 Å². The molecule has 0 saturated heterocycles. The second-order valence-corrected chi connectivity index (χ2v) is 16.8. The first-order valence-corrected chi connectivity index (χ1v) is 19.7. The van der Waals surface area contributed by atoms with Crippen molar-refractivity contribution in [1.29, 1.82) is 0 Å². The zero-order chi connectivity index (χ0) is 33.9. The number of hydrogen-bond acceptors (Lipinski definition) is 3. The smallest absolute Gasteiger partial charge is 0.171 e. The molecule has 0 N–H and O–H groups in total. The van der Waals surface area contributed by atoms with Crippen LogP contribution in [0.25, 0.3) is 75.4 Å². The number of nitrogens with zero attached hydrogens (tertiary/aromatic N) is 1. The topological polar surface area (TPSA) is 30.0 Å². The summed E-state index contributed by atoms with van der Waals surface area (Å²) in [6.07, 6.45) is 0. The third kappa shape index (κ3) is 4.63. The van der Waals surface area contributed by atoms with Gasteiger partial charge in [0.15, 0.2) is 7.14 Å².